The first-order valence-electron chi connectivity index (χ1n) is 10.4. The number of rotatable bonds is 4. The zero-order chi connectivity index (χ0) is 25.5. The summed E-state index contributed by atoms with van der Waals surface area (Å²) in [5, 5.41) is 0. The Labute approximate surface area is 199 Å². The van der Waals surface area contributed by atoms with E-state index in [1.807, 2.05) is 24.4 Å². The van der Waals surface area contributed by atoms with E-state index in [0.29, 0.717) is 0 Å². The Morgan fingerprint density at radius 1 is 0.771 bits per heavy atom. The van der Waals surface area contributed by atoms with E-state index in [1.54, 1.807) is 6.20 Å². The molecule has 2 radical (unpaired) electrons. The van der Waals surface area contributed by atoms with Crippen LogP contribution in [0.25, 0.3) is 5.57 Å². The minimum absolute atomic E-state index is 0.0849. The van der Waals surface area contributed by atoms with Crippen LogP contribution in [-0.4, -0.2) is 17.8 Å². The normalized spacial score (nSPS) is 11.4. The molecule has 0 unspecified atom stereocenters. The number of H-pyrrole nitrogens is 1. The van der Waals surface area contributed by atoms with Gasteiger partial charge in [-0.15, -0.1) is 5.98 Å². The van der Waals surface area contributed by atoms with Crippen LogP contribution in [0.1, 0.15) is 33.6 Å². The highest BCUT2D eigenvalue weighted by Crippen LogP contribution is 2.34. The lowest BCUT2D eigenvalue weighted by atomic mass is 9.90. The lowest BCUT2D eigenvalue weighted by Crippen LogP contribution is -2.06. The first kappa shape index (κ1) is 25.9. The molecule has 178 valence electrons. The monoisotopic (exact) mass is 484 g/mol. The molecule has 0 aliphatic heterocycles. The van der Waals surface area contributed by atoms with Gasteiger partial charge in [0.05, 0.1) is 11.1 Å². The minimum Gasteiger partial charge on any atom is -0.348 e. The van der Waals surface area contributed by atoms with E-state index in [1.165, 1.54) is 29.8 Å². The molecule has 2 nitrogen and oxygen atoms in total. The Morgan fingerprint density at radius 3 is 1.74 bits per heavy atom. The number of hydrogen-bond acceptors (Lipinski definition) is 1. The van der Waals surface area contributed by atoms with Crippen LogP contribution in [0.3, 0.4) is 0 Å². The van der Waals surface area contributed by atoms with Crippen molar-refractivity contribution in [2.24, 2.45) is 0 Å². The molecule has 4 rings (SSSR count). The van der Waals surface area contributed by atoms with Crippen LogP contribution in [0.4, 0.5) is 26.3 Å². The average Bonchev–Trinajstić information content (AvgIpc) is 3.33. The molecule has 0 aliphatic carbocycles. The van der Waals surface area contributed by atoms with Gasteiger partial charge in [-0.1, -0.05) is 54.6 Å². The average molecular weight is 484 g/mol. The summed E-state index contributed by atoms with van der Waals surface area (Å²) in [5.41, 5.74) is -0.263. The highest BCUT2D eigenvalue weighted by molar-refractivity contribution is 6.21. The molecule has 35 heavy (non-hydrogen) atoms. The number of aromatic amines is 1. The summed E-state index contributed by atoms with van der Waals surface area (Å²) in [6.07, 6.45) is -4.60. The van der Waals surface area contributed by atoms with E-state index in [9.17, 15) is 26.3 Å². The van der Waals surface area contributed by atoms with Gasteiger partial charge in [0.25, 0.3) is 0 Å². The number of benzene rings is 3. The van der Waals surface area contributed by atoms with Gasteiger partial charge in [0, 0.05) is 18.8 Å². The first-order valence-corrected chi connectivity index (χ1v) is 10.4. The van der Waals surface area contributed by atoms with Gasteiger partial charge in [0.1, 0.15) is 13.7 Å². The molecule has 0 amide bonds. The fourth-order valence-electron chi connectivity index (χ4n) is 3.27. The molecule has 1 aromatic heterocycles. The van der Waals surface area contributed by atoms with Gasteiger partial charge in [-0.3, -0.25) is 0 Å². The third kappa shape index (κ3) is 7.37. The third-order valence-corrected chi connectivity index (χ3v) is 4.94. The summed E-state index contributed by atoms with van der Waals surface area (Å²) in [5.74, 6) is 2.01. The summed E-state index contributed by atoms with van der Waals surface area (Å²) in [4.78, 5) is 7.23. The van der Waals surface area contributed by atoms with Crippen molar-refractivity contribution in [2.45, 2.75) is 18.8 Å². The quantitative estimate of drug-likeness (QED) is 0.239. The second-order valence-electron chi connectivity index (χ2n) is 7.44. The van der Waals surface area contributed by atoms with E-state index in [2.05, 4.69) is 22.1 Å². The highest BCUT2D eigenvalue weighted by Gasteiger charge is 2.32. The van der Waals surface area contributed by atoms with Crippen molar-refractivity contribution in [1.29, 1.82) is 0 Å². The highest BCUT2D eigenvalue weighted by atomic mass is 19.4. The summed E-state index contributed by atoms with van der Waals surface area (Å²) in [6.45, 7) is 0. The Bertz CT molecular complexity index is 1190. The third-order valence-electron chi connectivity index (χ3n) is 4.94. The summed E-state index contributed by atoms with van der Waals surface area (Å²) in [6, 6.07) is 18.8. The predicted octanol–water partition coefficient (Wildman–Crippen LogP) is 7.28. The standard InChI is InChI=1S/C16H9BF6.C10H10N2/c17-9-14(10-3-1-5-12(7-10)15(18,19)20)11-4-2-6-13(8-11)16(21,22)23;1-2-4-9(5-3-1)8-10-11-6-7-12-10/h1-9H;1-7H,8H2,(H,11,12). The topological polar surface area (TPSA) is 28.7 Å². The van der Waals surface area contributed by atoms with Crippen LogP contribution in [0, 0.1) is 0 Å². The summed E-state index contributed by atoms with van der Waals surface area (Å²) >= 11 is 0. The molecule has 4 aromatic rings. The van der Waals surface area contributed by atoms with Gasteiger partial charge in [-0.2, -0.15) is 26.3 Å². The van der Waals surface area contributed by atoms with Crippen molar-refractivity contribution >= 4 is 13.4 Å². The smallest absolute Gasteiger partial charge is 0.348 e. The fraction of sp³-hybridized carbons (Fsp3) is 0.115. The van der Waals surface area contributed by atoms with E-state index in [0.717, 1.165) is 42.5 Å². The first-order chi connectivity index (χ1) is 16.6. The summed E-state index contributed by atoms with van der Waals surface area (Å²) < 4.78 is 76.6. The van der Waals surface area contributed by atoms with Gasteiger partial charge < -0.3 is 4.98 Å². The van der Waals surface area contributed by atoms with Gasteiger partial charge in [-0.25, -0.2) is 4.98 Å². The number of halogens is 6. The zero-order valence-corrected chi connectivity index (χ0v) is 18.2. The molecule has 0 spiro atoms. The summed E-state index contributed by atoms with van der Waals surface area (Å²) in [7, 11) is 5.43. The predicted molar refractivity (Wildman–Crippen MR) is 124 cm³/mol. The molecule has 0 fully saturated rings. The van der Waals surface area contributed by atoms with Gasteiger partial charge >= 0.3 is 12.4 Å². The van der Waals surface area contributed by atoms with Crippen molar-refractivity contribution < 1.29 is 26.3 Å². The Morgan fingerprint density at radius 2 is 1.31 bits per heavy atom. The lowest BCUT2D eigenvalue weighted by Gasteiger charge is -2.14. The van der Waals surface area contributed by atoms with Crippen molar-refractivity contribution in [1.82, 2.24) is 9.97 Å². The molecule has 0 saturated heterocycles. The van der Waals surface area contributed by atoms with Gasteiger partial charge in [-0.05, 0) is 46.5 Å². The largest absolute Gasteiger partial charge is 0.416 e. The van der Waals surface area contributed by atoms with Crippen molar-refractivity contribution in [3.05, 3.63) is 131 Å². The van der Waals surface area contributed by atoms with Crippen LogP contribution < -0.4 is 0 Å². The Balaban J connectivity index is 0.000000237. The van der Waals surface area contributed by atoms with Crippen molar-refractivity contribution in [3.8, 4) is 0 Å². The maximum absolute atomic E-state index is 12.8. The van der Waals surface area contributed by atoms with Crippen molar-refractivity contribution in [2.75, 3.05) is 0 Å². The number of aromatic nitrogens is 2. The zero-order valence-electron chi connectivity index (χ0n) is 18.2. The molecule has 0 saturated carbocycles. The van der Waals surface area contributed by atoms with E-state index >= 15 is 0 Å². The minimum atomic E-state index is -4.55. The maximum atomic E-state index is 12.8. The van der Waals surface area contributed by atoms with E-state index < -0.39 is 23.5 Å². The van der Waals surface area contributed by atoms with E-state index in [-0.39, 0.29) is 16.7 Å². The molecule has 0 bridgehead atoms. The number of nitrogens with one attached hydrogen (secondary N) is 1. The molecular weight excluding hydrogens is 465 g/mol. The molecule has 1 heterocycles. The molecule has 0 aliphatic rings. The molecule has 3 aromatic carbocycles. The fourth-order valence-corrected chi connectivity index (χ4v) is 3.27. The Hall–Kier alpha value is -3.75. The molecular formula is C26H19BF6N2. The van der Waals surface area contributed by atoms with Crippen LogP contribution >= 0.6 is 0 Å². The number of imidazole rings is 1. The van der Waals surface area contributed by atoms with Crippen LogP contribution in [-0.2, 0) is 18.8 Å². The van der Waals surface area contributed by atoms with Crippen LogP contribution in [0.2, 0.25) is 0 Å². The maximum Gasteiger partial charge on any atom is 0.416 e. The number of hydrogen-bond donors (Lipinski definition) is 1. The lowest BCUT2D eigenvalue weighted by molar-refractivity contribution is -0.138. The van der Waals surface area contributed by atoms with Crippen LogP contribution in [0.15, 0.2) is 97.2 Å². The van der Waals surface area contributed by atoms with Gasteiger partial charge in [0.15, 0.2) is 0 Å². The number of nitrogens with zero attached hydrogens (tertiary/aromatic N) is 1. The Kier molecular flexibility index (Phi) is 8.22. The van der Waals surface area contributed by atoms with Gasteiger partial charge in [0.2, 0.25) is 0 Å². The molecule has 1 N–H and O–H groups in total. The second kappa shape index (κ2) is 11.1. The molecule has 0 atom stereocenters. The second-order valence-corrected chi connectivity index (χ2v) is 7.44. The molecule has 9 heteroatoms. The van der Waals surface area contributed by atoms with Crippen molar-refractivity contribution in [3.63, 3.8) is 0 Å². The number of alkyl halides is 6. The SMILES string of the molecule is [B]C=C(c1cccc(C(F)(F)F)c1)c1cccc(C(F)(F)F)c1.c1ccc(Cc2ncc[nH]2)cc1. The van der Waals surface area contributed by atoms with Crippen LogP contribution in [0.5, 0.6) is 0 Å². The van der Waals surface area contributed by atoms with E-state index in [4.69, 9.17) is 7.85 Å².